The molecule has 0 aliphatic heterocycles. The van der Waals surface area contributed by atoms with Gasteiger partial charge in [-0.3, -0.25) is 4.79 Å². The maximum atomic E-state index is 12.0. The summed E-state index contributed by atoms with van der Waals surface area (Å²) in [5.41, 5.74) is 6.06. The van der Waals surface area contributed by atoms with Gasteiger partial charge in [0.15, 0.2) is 0 Å². The van der Waals surface area contributed by atoms with Crippen LogP contribution >= 0.6 is 22.9 Å². The third-order valence-electron chi connectivity index (χ3n) is 2.45. The number of aromatic carboxylic acids is 1. The van der Waals surface area contributed by atoms with Crippen LogP contribution in [0.1, 0.15) is 31.5 Å². The number of aryl methyl sites for hydroxylation is 1. The van der Waals surface area contributed by atoms with Gasteiger partial charge in [0.05, 0.1) is 10.7 Å². The molecule has 4 N–H and O–H groups in total. The van der Waals surface area contributed by atoms with Crippen LogP contribution in [-0.4, -0.2) is 32.9 Å². The summed E-state index contributed by atoms with van der Waals surface area (Å²) in [5.74, 6) is -1.57. The lowest BCUT2D eigenvalue weighted by Gasteiger charge is -2.01. The number of nitrogens with one attached hydrogen (secondary N) is 1. The Labute approximate surface area is 122 Å². The molecule has 0 fully saturated rings. The van der Waals surface area contributed by atoms with Gasteiger partial charge in [-0.05, 0) is 25.0 Å². The molecule has 1 amide bonds. The first kappa shape index (κ1) is 14.6. The molecule has 0 spiro atoms. The van der Waals surface area contributed by atoms with E-state index in [4.69, 9.17) is 10.8 Å². The zero-order valence-electron chi connectivity index (χ0n) is 10.5. The number of nitrogens with two attached hydrogens (primary N) is 1. The third-order valence-corrected chi connectivity index (χ3v) is 4.21. The first-order valence-electron chi connectivity index (χ1n) is 5.68. The second-order valence-electron chi connectivity index (χ2n) is 3.90. The standard InChI is InChI=1S/C11H12N4O3S2/c1-5-8(11(17)18)10(20-15-5)14-9(16)6-4-19-7(13-6)2-3-12/h4H,2-3,12H2,1H3,(H,14,16)(H,17,18). The van der Waals surface area contributed by atoms with Gasteiger partial charge < -0.3 is 16.2 Å². The Bertz CT molecular complexity index is 650. The topological polar surface area (TPSA) is 118 Å². The first-order chi connectivity index (χ1) is 9.52. The van der Waals surface area contributed by atoms with E-state index in [0.717, 1.165) is 16.5 Å². The SMILES string of the molecule is Cc1nsc(NC(=O)c2csc(CCN)n2)c1C(=O)O. The summed E-state index contributed by atoms with van der Waals surface area (Å²) in [7, 11) is 0. The van der Waals surface area contributed by atoms with E-state index in [0.29, 0.717) is 18.7 Å². The molecule has 0 saturated carbocycles. The van der Waals surface area contributed by atoms with Crippen LogP contribution in [0.4, 0.5) is 5.00 Å². The molecule has 0 bridgehead atoms. The number of carbonyl (C=O) groups excluding carboxylic acids is 1. The second-order valence-corrected chi connectivity index (χ2v) is 5.61. The molecule has 106 valence electrons. The fourth-order valence-corrected chi connectivity index (χ4v) is 3.11. The fraction of sp³-hybridized carbons (Fsp3) is 0.273. The first-order valence-corrected chi connectivity index (χ1v) is 7.33. The van der Waals surface area contributed by atoms with Crippen LogP contribution in [0.15, 0.2) is 5.38 Å². The van der Waals surface area contributed by atoms with E-state index in [1.807, 2.05) is 0 Å². The Morgan fingerprint density at radius 1 is 1.50 bits per heavy atom. The van der Waals surface area contributed by atoms with Crippen LogP contribution in [0.3, 0.4) is 0 Å². The largest absolute Gasteiger partial charge is 0.478 e. The van der Waals surface area contributed by atoms with Crippen molar-refractivity contribution in [3.8, 4) is 0 Å². The number of carboxylic acid groups (broad SMARTS) is 1. The molecule has 0 atom stereocenters. The Hall–Kier alpha value is -1.84. The molecule has 0 unspecified atom stereocenters. The highest BCUT2D eigenvalue weighted by Gasteiger charge is 2.20. The highest BCUT2D eigenvalue weighted by atomic mass is 32.1. The Morgan fingerprint density at radius 2 is 2.25 bits per heavy atom. The number of hydrogen-bond donors (Lipinski definition) is 3. The summed E-state index contributed by atoms with van der Waals surface area (Å²) in [6, 6.07) is 0. The minimum atomic E-state index is -1.12. The number of rotatable bonds is 5. The van der Waals surface area contributed by atoms with Gasteiger partial charge in [0.25, 0.3) is 5.91 Å². The average Bonchev–Trinajstić information content (AvgIpc) is 2.97. The van der Waals surface area contributed by atoms with Gasteiger partial charge in [-0.25, -0.2) is 9.78 Å². The highest BCUT2D eigenvalue weighted by molar-refractivity contribution is 7.11. The molecule has 2 aromatic heterocycles. The molecular weight excluding hydrogens is 300 g/mol. The molecule has 2 heterocycles. The minimum absolute atomic E-state index is 0.0146. The van der Waals surface area contributed by atoms with E-state index in [2.05, 4.69) is 14.7 Å². The lowest BCUT2D eigenvalue weighted by molar-refractivity contribution is 0.0697. The van der Waals surface area contributed by atoms with Crippen LogP contribution in [0, 0.1) is 6.92 Å². The van der Waals surface area contributed by atoms with E-state index in [-0.39, 0.29) is 16.3 Å². The molecule has 0 aliphatic carbocycles. The van der Waals surface area contributed by atoms with Crippen molar-refractivity contribution in [3.63, 3.8) is 0 Å². The number of amides is 1. The molecular formula is C11H12N4O3S2. The van der Waals surface area contributed by atoms with Crippen molar-refractivity contribution >= 4 is 39.7 Å². The molecule has 0 aromatic carbocycles. The number of hydrogen-bond acceptors (Lipinski definition) is 7. The molecule has 0 radical (unpaired) electrons. The zero-order valence-corrected chi connectivity index (χ0v) is 12.2. The fourth-order valence-electron chi connectivity index (χ4n) is 1.53. The van der Waals surface area contributed by atoms with E-state index in [1.165, 1.54) is 11.3 Å². The number of carbonyl (C=O) groups is 2. The number of carboxylic acids is 1. The number of aromatic nitrogens is 2. The summed E-state index contributed by atoms with van der Waals surface area (Å²) in [4.78, 5) is 27.2. The zero-order chi connectivity index (χ0) is 14.7. The lowest BCUT2D eigenvalue weighted by Crippen LogP contribution is -2.14. The average molecular weight is 312 g/mol. The number of nitrogens with zero attached hydrogens (tertiary/aromatic N) is 2. The van der Waals surface area contributed by atoms with Crippen molar-refractivity contribution in [1.29, 1.82) is 0 Å². The van der Waals surface area contributed by atoms with Crippen LogP contribution < -0.4 is 11.1 Å². The quantitative estimate of drug-likeness (QED) is 0.767. The Balaban J connectivity index is 2.17. The normalized spacial score (nSPS) is 10.5. The van der Waals surface area contributed by atoms with Crippen molar-refractivity contribution in [1.82, 2.24) is 9.36 Å². The summed E-state index contributed by atoms with van der Waals surface area (Å²) in [6.07, 6.45) is 0.609. The maximum absolute atomic E-state index is 12.0. The Morgan fingerprint density at radius 3 is 2.90 bits per heavy atom. The van der Waals surface area contributed by atoms with Crippen molar-refractivity contribution in [2.75, 3.05) is 11.9 Å². The van der Waals surface area contributed by atoms with Crippen LogP contribution in [0.2, 0.25) is 0 Å². The summed E-state index contributed by atoms with van der Waals surface area (Å²) in [6.45, 7) is 2.05. The predicted molar refractivity (Wildman–Crippen MR) is 76.6 cm³/mol. The monoisotopic (exact) mass is 312 g/mol. The van der Waals surface area contributed by atoms with Crippen molar-refractivity contribution < 1.29 is 14.7 Å². The summed E-state index contributed by atoms with van der Waals surface area (Å²) < 4.78 is 3.93. The van der Waals surface area contributed by atoms with Gasteiger partial charge in [0, 0.05) is 11.8 Å². The number of anilines is 1. The number of thiazole rings is 1. The molecule has 7 nitrogen and oxygen atoms in total. The van der Waals surface area contributed by atoms with Gasteiger partial charge in [0.1, 0.15) is 16.3 Å². The molecule has 20 heavy (non-hydrogen) atoms. The van der Waals surface area contributed by atoms with Crippen molar-refractivity contribution in [3.05, 3.63) is 27.3 Å². The van der Waals surface area contributed by atoms with Gasteiger partial charge >= 0.3 is 5.97 Å². The Kier molecular flexibility index (Phi) is 4.42. The van der Waals surface area contributed by atoms with Crippen LogP contribution in [0.25, 0.3) is 0 Å². The van der Waals surface area contributed by atoms with Crippen LogP contribution in [0.5, 0.6) is 0 Å². The van der Waals surface area contributed by atoms with Crippen molar-refractivity contribution in [2.45, 2.75) is 13.3 Å². The lowest BCUT2D eigenvalue weighted by atomic mass is 10.2. The molecule has 2 rings (SSSR count). The van der Waals surface area contributed by atoms with Crippen LogP contribution in [-0.2, 0) is 6.42 Å². The summed E-state index contributed by atoms with van der Waals surface area (Å²) in [5, 5.41) is 14.2. The van der Waals surface area contributed by atoms with E-state index in [9.17, 15) is 9.59 Å². The van der Waals surface area contributed by atoms with Gasteiger partial charge in [-0.2, -0.15) is 4.37 Å². The second kappa shape index (κ2) is 6.07. The molecule has 9 heteroatoms. The smallest absolute Gasteiger partial charge is 0.340 e. The van der Waals surface area contributed by atoms with Gasteiger partial charge in [-0.15, -0.1) is 11.3 Å². The third kappa shape index (κ3) is 3.00. The van der Waals surface area contributed by atoms with E-state index < -0.39 is 11.9 Å². The molecule has 2 aromatic rings. The van der Waals surface area contributed by atoms with E-state index in [1.54, 1.807) is 12.3 Å². The summed E-state index contributed by atoms with van der Waals surface area (Å²) >= 11 is 2.29. The van der Waals surface area contributed by atoms with Crippen molar-refractivity contribution in [2.24, 2.45) is 5.73 Å². The maximum Gasteiger partial charge on any atom is 0.340 e. The highest BCUT2D eigenvalue weighted by Crippen LogP contribution is 2.25. The molecule has 0 saturated heterocycles. The van der Waals surface area contributed by atoms with Gasteiger partial charge in [0.2, 0.25) is 0 Å². The molecule has 0 aliphatic rings. The predicted octanol–water partition coefficient (Wildman–Crippen LogP) is 1.36. The minimum Gasteiger partial charge on any atom is -0.478 e. The van der Waals surface area contributed by atoms with E-state index >= 15 is 0 Å². The van der Waals surface area contributed by atoms with Gasteiger partial charge in [-0.1, -0.05) is 0 Å².